The van der Waals surface area contributed by atoms with Gasteiger partial charge in [-0.25, -0.2) is 0 Å². The van der Waals surface area contributed by atoms with E-state index in [0.717, 1.165) is 13.1 Å². The molecule has 0 aromatic carbocycles. The van der Waals surface area contributed by atoms with E-state index < -0.39 is 0 Å². The monoisotopic (exact) mass is 247 g/mol. The molecular formula is C11H25N3O3. The Labute approximate surface area is 103 Å². The molecule has 3 N–H and O–H groups in total. The maximum Gasteiger partial charge on any atom is 0.156 e. The van der Waals surface area contributed by atoms with Gasteiger partial charge in [0.1, 0.15) is 0 Å². The van der Waals surface area contributed by atoms with Crippen LogP contribution in [0, 0.1) is 0 Å². The number of nitrogens with two attached hydrogens (primary N) is 1. The van der Waals surface area contributed by atoms with Crippen LogP contribution in [0.25, 0.3) is 0 Å². The average Bonchev–Trinajstić information content (AvgIpc) is 2.35. The van der Waals surface area contributed by atoms with Gasteiger partial charge in [-0.3, -0.25) is 4.90 Å². The van der Waals surface area contributed by atoms with Gasteiger partial charge in [0.25, 0.3) is 0 Å². The van der Waals surface area contributed by atoms with Crippen molar-refractivity contribution in [3.8, 4) is 0 Å². The summed E-state index contributed by atoms with van der Waals surface area (Å²) in [6, 6.07) is -0.124. The highest BCUT2D eigenvalue weighted by atomic mass is 16.5. The van der Waals surface area contributed by atoms with Crippen LogP contribution in [0.3, 0.4) is 0 Å². The molecule has 0 saturated heterocycles. The molecule has 102 valence electrons. The zero-order chi connectivity index (χ0) is 13.1. The van der Waals surface area contributed by atoms with Crippen molar-refractivity contribution in [2.45, 2.75) is 26.8 Å². The van der Waals surface area contributed by atoms with Gasteiger partial charge in [-0.05, 0) is 20.8 Å². The first kappa shape index (κ1) is 16.1. The first-order chi connectivity index (χ1) is 8.17. The molecule has 0 amide bonds. The van der Waals surface area contributed by atoms with Crippen molar-refractivity contribution in [1.29, 1.82) is 0 Å². The minimum absolute atomic E-state index is 0.124. The van der Waals surface area contributed by atoms with Gasteiger partial charge in [-0.1, -0.05) is 5.16 Å². The standard InChI is InChI=1S/C11H25N3O3/c1-4-16-8-6-14(7-9-17-5-2)10(3)11(12)13-15/h10,15H,4-9H2,1-3H3,(H2,12,13). The molecule has 0 aromatic rings. The molecule has 0 rings (SSSR count). The lowest BCUT2D eigenvalue weighted by Crippen LogP contribution is -2.45. The van der Waals surface area contributed by atoms with Crippen molar-refractivity contribution in [3.05, 3.63) is 0 Å². The van der Waals surface area contributed by atoms with E-state index in [1.54, 1.807) is 0 Å². The summed E-state index contributed by atoms with van der Waals surface area (Å²) in [4.78, 5) is 2.07. The van der Waals surface area contributed by atoms with Crippen LogP contribution in [-0.4, -0.2) is 61.5 Å². The SMILES string of the molecule is CCOCCN(CCOCC)C(C)C(N)=NO. The first-order valence-electron chi connectivity index (χ1n) is 6.04. The summed E-state index contributed by atoms with van der Waals surface area (Å²) in [5.41, 5.74) is 5.60. The van der Waals surface area contributed by atoms with Crippen LogP contribution in [0.5, 0.6) is 0 Å². The van der Waals surface area contributed by atoms with Crippen molar-refractivity contribution < 1.29 is 14.7 Å². The molecule has 1 atom stereocenters. The third kappa shape index (κ3) is 7.14. The summed E-state index contributed by atoms with van der Waals surface area (Å²) < 4.78 is 10.6. The maximum absolute atomic E-state index is 8.67. The Bertz CT molecular complexity index is 202. The third-order valence-electron chi connectivity index (χ3n) is 2.55. The molecule has 0 aliphatic carbocycles. The number of ether oxygens (including phenoxy) is 2. The van der Waals surface area contributed by atoms with E-state index in [0.29, 0.717) is 26.4 Å². The van der Waals surface area contributed by atoms with Crippen LogP contribution in [0.4, 0.5) is 0 Å². The third-order valence-corrected chi connectivity index (χ3v) is 2.55. The Morgan fingerprint density at radius 1 is 1.24 bits per heavy atom. The molecule has 0 saturated carbocycles. The van der Waals surface area contributed by atoms with Crippen LogP contribution in [0.1, 0.15) is 20.8 Å². The number of amidine groups is 1. The molecule has 0 fully saturated rings. The molecule has 0 heterocycles. The van der Waals surface area contributed by atoms with Gasteiger partial charge < -0.3 is 20.4 Å². The van der Waals surface area contributed by atoms with Gasteiger partial charge in [0.2, 0.25) is 0 Å². The zero-order valence-electron chi connectivity index (χ0n) is 11.1. The van der Waals surface area contributed by atoms with Gasteiger partial charge in [-0.15, -0.1) is 0 Å². The highest BCUT2D eigenvalue weighted by Crippen LogP contribution is 1.99. The molecule has 17 heavy (non-hydrogen) atoms. The number of hydrogen-bond donors (Lipinski definition) is 2. The fourth-order valence-electron chi connectivity index (χ4n) is 1.42. The Kier molecular flexibility index (Phi) is 9.80. The van der Waals surface area contributed by atoms with E-state index in [1.807, 2.05) is 20.8 Å². The van der Waals surface area contributed by atoms with E-state index >= 15 is 0 Å². The van der Waals surface area contributed by atoms with E-state index in [1.165, 1.54) is 0 Å². The summed E-state index contributed by atoms with van der Waals surface area (Å²) >= 11 is 0. The molecule has 1 unspecified atom stereocenters. The zero-order valence-corrected chi connectivity index (χ0v) is 11.1. The maximum atomic E-state index is 8.67. The first-order valence-corrected chi connectivity index (χ1v) is 6.04. The molecular weight excluding hydrogens is 222 g/mol. The lowest BCUT2D eigenvalue weighted by Gasteiger charge is -2.27. The second kappa shape index (κ2) is 10.3. The van der Waals surface area contributed by atoms with Gasteiger partial charge in [-0.2, -0.15) is 0 Å². The number of nitrogens with zero attached hydrogens (tertiary/aromatic N) is 2. The molecule has 0 aliphatic heterocycles. The second-order valence-electron chi connectivity index (χ2n) is 3.63. The van der Waals surface area contributed by atoms with Crippen LogP contribution < -0.4 is 5.73 Å². The van der Waals surface area contributed by atoms with Gasteiger partial charge in [0.05, 0.1) is 19.3 Å². The minimum Gasteiger partial charge on any atom is -0.409 e. The van der Waals surface area contributed by atoms with E-state index in [2.05, 4.69) is 10.1 Å². The summed E-state index contributed by atoms with van der Waals surface area (Å²) in [6.45, 7) is 9.92. The fraction of sp³-hybridized carbons (Fsp3) is 0.909. The van der Waals surface area contributed by atoms with Gasteiger partial charge >= 0.3 is 0 Å². The lowest BCUT2D eigenvalue weighted by molar-refractivity contribution is 0.0767. The largest absolute Gasteiger partial charge is 0.409 e. The lowest BCUT2D eigenvalue weighted by atomic mass is 10.2. The smallest absolute Gasteiger partial charge is 0.156 e. The quantitative estimate of drug-likeness (QED) is 0.193. The number of rotatable bonds is 10. The number of oxime groups is 1. The van der Waals surface area contributed by atoms with Gasteiger partial charge in [0, 0.05) is 26.3 Å². The van der Waals surface area contributed by atoms with E-state index in [4.69, 9.17) is 20.4 Å². The molecule has 0 radical (unpaired) electrons. The molecule has 0 bridgehead atoms. The predicted molar refractivity (Wildman–Crippen MR) is 67.4 cm³/mol. The van der Waals surface area contributed by atoms with Crippen LogP contribution >= 0.6 is 0 Å². The average molecular weight is 247 g/mol. The molecule has 0 aromatic heterocycles. The van der Waals surface area contributed by atoms with E-state index in [9.17, 15) is 0 Å². The molecule has 6 nitrogen and oxygen atoms in total. The highest BCUT2D eigenvalue weighted by Gasteiger charge is 2.17. The molecule has 0 aliphatic rings. The Morgan fingerprint density at radius 2 is 1.71 bits per heavy atom. The summed E-state index contributed by atoms with van der Waals surface area (Å²) in [5, 5.41) is 11.7. The van der Waals surface area contributed by atoms with Crippen molar-refractivity contribution in [2.24, 2.45) is 10.9 Å². The summed E-state index contributed by atoms with van der Waals surface area (Å²) in [5.74, 6) is 0.206. The second-order valence-corrected chi connectivity index (χ2v) is 3.63. The van der Waals surface area contributed by atoms with Crippen molar-refractivity contribution in [2.75, 3.05) is 39.5 Å². The summed E-state index contributed by atoms with van der Waals surface area (Å²) in [6.07, 6.45) is 0. The predicted octanol–water partition coefficient (Wildman–Crippen LogP) is 0.496. The normalized spacial score (nSPS) is 14.2. The Morgan fingerprint density at radius 3 is 2.06 bits per heavy atom. The van der Waals surface area contributed by atoms with Crippen LogP contribution in [-0.2, 0) is 9.47 Å². The topological polar surface area (TPSA) is 80.3 Å². The Balaban J connectivity index is 4.17. The molecule has 0 spiro atoms. The van der Waals surface area contributed by atoms with Crippen LogP contribution in [0.2, 0.25) is 0 Å². The molecule has 6 heteroatoms. The van der Waals surface area contributed by atoms with E-state index in [-0.39, 0.29) is 11.9 Å². The number of hydrogen-bond acceptors (Lipinski definition) is 5. The summed E-state index contributed by atoms with van der Waals surface area (Å²) in [7, 11) is 0. The fourth-order valence-corrected chi connectivity index (χ4v) is 1.42. The Hall–Kier alpha value is -0.850. The van der Waals surface area contributed by atoms with Crippen molar-refractivity contribution in [3.63, 3.8) is 0 Å². The highest BCUT2D eigenvalue weighted by molar-refractivity contribution is 5.84. The van der Waals surface area contributed by atoms with Crippen molar-refractivity contribution in [1.82, 2.24) is 4.90 Å². The van der Waals surface area contributed by atoms with Crippen molar-refractivity contribution >= 4 is 5.84 Å². The minimum atomic E-state index is -0.124. The van der Waals surface area contributed by atoms with Crippen LogP contribution in [0.15, 0.2) is 5.16 Å². The van der Waals surface area contributed by atoms with Gasteiger partial charge in [0.15, 0.2) is 5.84 Å².